The second-order valence-corrected chi connectivity index (χ2v) is 4.16. The predicted octanol–water partition coefficient (Wildman–Crippen LogP) is 1.99. The molecule has 1 aromatic rings. The van der Waals surface area contributed by atoms with Gasteiger partial charge in [-0.05, 0) is 19.1 Å². The fraction of sp³-hybridized carbons (Fsp3) is 0.111. The highest BCUT2D eigenvalue weighted by molar-refractivity contribution is 7.94. The van der Waals surface area contributed by atoms with E-state index in [1.807, 2.05) is 0 Å². The number of hydrogen-bond acceptors (Lipinski definition) is 2. The van der Waals surface area contributed by atoms with Crippen LogP contribution in [0.4, 0.5) is 0 Å². The quantitative estimate of drug-likeness (QED) is 0.701. The monoisotopic (exact) mass is 182 g/mol. The van der Waals surface area contributed by atoms with Gasteiger partial charge in [0.25, 0.3) is 0 Å². The van der Waals surface area contributed by atoms with Gasteiger partial charge in [0.05, 0.1) is 4.90 Å². The van der Waals surface area contributed by atoms with Crippen LogP contribution in [0, 0.1) is 0 Å². The molecule has 0 spiro atoms. The van der Waals surface area contributed by atoms with Crippen molar-refractivity contribution in [2.24, 2.45) is 0 Å². The van der Waals surface area contributed by atoms with E-state index in [0.717, 1.165) is 0 Å². The molecule has 1 rings (SSSR count). The Kier molecular flexibility index (Phi) is 2.65. The molecule has 2 nitrogen and oxygen atoms in total. The Morgan fingerprint density at radius 1 is 1.17 bits per heavy atom. The summed E-state index contributed by atoms with van der Waals surface area (Å²) in [7, 11) is -3.19. The first-order chi connectivity index (χ1) is 5.67. The Labute approximate surface area is 72.5 Å². The first-order valence-electron chi connectivity index (χ1n) is 3.59. The number of rotatable bonds is 2. The van der Waals surface area contributed by atoms with Gasteiger partial charge in [-0.3, -0.25) is 0 Å². The molecule has 0 unspecified atom stereocenters. The van der Waals surface area contributed by atoms with Crippen molar-refractivity contribution in [2.45, 2.75) is 11.8 Å². The molecule has 0 saturated carbocycles. The molecule has 0 atom stereocenters. The lowest BCUT2D eigenvalue weighted by atomic mass is 10.4. The summed E-state index contributed by atoms with van der Waals surface area (Å²) < 4.78 is 22.7. The molecule has 3 heteroatoms. The van der Waals surface area contributed by atoms with Gasteiger partial charge in [-0.2, -0.15) is 0 Å². The number of benzene rings is 1. The van der Waals surface area contributed by atoms with E-state index in [2.05, 4.69) is 0 Å². The van der Waals surface area contributed by atoms with Crippen molar-refractivity contribution >= 4 is 9.84 Å². The molecule has 0 aliphatic carbocycles. The maximum absolute atomic E-state index is 11.3. The molecular formula is C9H10O2S. The SMILES string of the molecule is C/C=C\S(=O)(=O)c1ccccc1. The van der Waals surface area contributed by atoms with Crippen molar-refractivity contribution in [1.29, 1.82) is 0 Å². The molecule has 0 heterocycles. The Balaban J connectivity index is 3.16. The highest BCUT2D eigenvalue weighted by atomic mass is 32.2. The molecule has 0 aliphatic rings. The molecular weight excluding hydrogens is 172 g/mol. The second kappa shape index (κ2) is 3.54. The van der Waals surface area contributed by atoms with Crippen LogP contribution in [-0.4, -0.2) is 8.42 Å². The molecule has 0 N–H and O–H groups in total. The maximum atomic E-state index is 11.3. The summed E-state index contributed by atoms with van der Waals surface area (Å²) in [6.07, 6.45) is 1.52. The molecule has 0 amide bonds. The lowest BCUT2D eigenvalue weighted by Gasteiger charge is -1.95. The summed E-state index contributed by atoms with van der Waals surface area (Å²) in [4.78, 5) is 0.336. The van der Waals surface area contributed by atoms with Crippen molar-refractivity contribution in [2.75, 3.05) is 0 Å². The summed E-state index contributed by atoms with van der Waals surface area (Å²) in [6.45, 7) is 1.68. The van der Waals surface area contributed by atoms with Crippen molar-refractivity contribution in [3.63, 3.8) is 0 Å². The van der Waals surface area contributed by atoms with Crippen LogP contribution < -0.4 is 0 Å². The Hall–Kier alpha value is -1.09. The second-order valence-electron chi connectivity index (χ2n) is 2.33. The third-order valence-electron chi connectivity index (χ3n) is 1.39. The first kappa shape index (κ1) is 9.00. The average molecular weight is 182 g/mol. The Bertz CT molecular complexity index is 363. The van der Waals surface area contributed by atoms with Crippen molar-refractivity contribution in [3.8, 4) is 0 Å². The van der Waals surface area contributed by atoms with Gasteiger partial charge < -0.3 is 0 Å². The van der Waals surface area contributed by atoms with Crippen LogP contribution in [0.15, 0.2) is 46.7 Å². The van der Waals surface area contributed by atoms with Gasteiger partial charge in [-0.15, -0.1) is 0 Å². The predicted molar refractivity (Wildman–Crippen MR) is 48.4 cm³/mol. The highest BCUT2D eigenvalue weighted by Crippen LogP contribution is 2.10. The van der Waals surface area contributed by atoms with E-state index in [-0.39, 0.29) is 0 Å². The molecule has 0 radical (unpaired) electrons. The number of hydrogen-bond donors (Lipinski definition) is 0. The minimum atomic E-state index is -3.19. The minimum Gasteiger partial charge on any atom is -0.219 e. The largest absolute Gasteiger partial charge is 0.219 e. The van der Waals surface area contributed by atoms with Crippen LogP contribution in [0.2, 0.25) is 0 Å². The van der Waals surface area contributed by atoms with Gasteiger partial charge in [0.15, 0.2) is 9.84 Å². The van der Waals surface area contributed by atoms with E-state index >= 15 is 0 Å². The third-order valence-corrected chi connectivity index (χ3v) is 2.95. The molecule has 1 aromatic carbocycles. The highest BCUT2D eigenvalue weighted by Gasteiger charge is 2.07. The third kappa shape index (κ3) is 1.95. The topological polar surface area (TPSA) is 34.1 Å². The van der Waals surface area contributed by atoms with E-state index in [9.17, 15) is 8.42 Å². The van der Waals surface area contributed by atoms with Crippen LogP contribution in [0.25, 0.3) is 0 Å². The standard InChI is InChI=1S/C9H10O2S/c1-2-8-12(10,11)9-6-4-3-5-7-9/h2-8H,1H3/b8-2-. The first-order valence-corrected chi connectivity index (χ1v) is 5.14. The fourth-order valence-electron chi connectivity index (χ4n) is 0.868. The summed E-state index contributed by atoms with van der Waals surface area (Å²) >= 11 is 0. The van der Waals surface area contributed by atoms with E-state index in [4.69, 9.17) is 0 Å². The van der Waals surface area contributed by atoms with Gasteiger partial charge in [0, 0.05) is 5.41 Å². The fourth-order valence-corrected chi connectivity index (χ4v) is 1.92. The molecule has 12 heavy (non-hydrogen) atoms. The van der Waals surface area contributed by atoms with Gasteiger partial charge in [-0.25, -0.2) is 8.42 Å². The van der Waals surface area contributed by atoms with E-state index in [1.165, 1.54) is 11.5 Å². The van der Waals surface area contributed by atoms with Crippen LogP contribution in [-0.2, 0) is 9.84 Å². The summed E-state index contributed by atoms with van der Waals surface area (Å²) in [5.74, 6) is 0. The minimum absolute atomic E-state index is 0.336. The maximum Gasteiger partial charge on any atom is 0.199 e. The van der Waals surface area contributed by atoms with Gasteiger partial charge in [-0.1, -0.05) is 24.3 Å². The van der Waals surface area contributed by atoms with Crippen molar-refractivity contribution in [1.82, 2.24) is 0 Å². The zero-order valence-corrected chi connectivity index (χ0v) is 7.58. The lowest BCUT2D eigenvalue weighted by Crippen LogP contribution is -1.94. The normalized spacial score (nSPS) is 12.1. The molecule has 0 saturated heterocycles. The summed E-state index contributed by atoms with van der Waals surface area (Å²) in [5, 5.41) is 1.20. The van der Waals surface area contributed by atoms with E-state index in [0.29, 0.717) is 4.90 Å². The Morgan fingerprint density at radius 2 is 1.75 bits per heavy atom. The van der Waals surface area contributed by atoms with E-state index < -0.39 is 9.84 Å². The Morgan fingerprint density at radius 3 is 2.25 bits per heavy atom. The smallest absolute Gasteiger partial charge is 0.199 e. The number of sulfone groups is 1. The average Bonchev–Trinajstić information content (AvgIpc) is 2.06. The molecule has 0 aromatic heterocycles. The van der Waals surface area contributed by atoms with Crippen LogP contribution in [0.5, 0.6) is 0 Å². The van der Waals surface area contributed by atoms with Crippen LogP contribution in [0.3, 0.4) is 0 Å². The van der Waals surface area contributed by atoms with Crippen LogP contribution in [0.1, 0.15) is 6.92 Å². The zero-order chi connectivity index (χ0) is 9.03. The van der Waals surface area contributed by atoms with Gasteiger partial charge >= 0.3 is 0 Å². The number of allylic oxidation sites excluding steroid dienone is 1. The van der Waals surface area contributed by atoms with Crippen LogP contribution >= 0.6 is 0 Å². The van der Waals surface area contributed by atoms with Crippen molar-refractivity contribution < 1.29 is 8.42 Å². The van der Waals surface area contributed by atoms with Gasteiger partial charge in [0.2, 0.25) is 0 Å². The summed E-state index contributed by atoms with van der Waals surface area (Å²) in [6, 6.07) is 8.35. The lowest BCUT2D eigenvalue weighted by molar-refractivity contribution is 0.604. The summed E-state index contributed by atoms with van der Waals surface area (Å²) in [5.41, 5.74) is 0. The molecule has 0 aliphatic heterocycles. The molecule has 0 fully saturated rings. The van der Waals surface area contributed by atoms with Crippen molar-refractivity contribution in [3.05, 3.63) is 41.8 Å². The molecule has 64 valence electrons. The molecule has 0 bridgehead atoms. The van der Waals surface area contributed by atoms with Gasteiger partial charge in [0.1, 0.15) is 0 Å². The zero-order valence-electron chi connectivity index (χ0n) is 6.77. The van der Waals surface area contributed by atoms with E-state index in [1.54, 1.807) is 37.3 Å².